The molecule has 14 heavy (non-hydrogen) atoms. The van der Waals surface area contributed by atoms with E-state index in [1.807, 2.05) is 6.92 Å². The Labute approximate surface area is 90.8 Å². The summed E-state index contributed by atoms with van der Waals surface area (Å²) in [6.07, 6.45) is 1.18. The number of aryl methyl sites for hydroxylation is 1. The molecule has 1 heterocycles. The number of hydrogen-bond acceptors (Lipinski definition) is 3. The molecule has 1 aromatic heterocycles. The zero-order valence-electron chi connectivity index (χ0n) is 9.50. The van der Waals surface area contributed by atoms with Crippen molar-refractivity contribution in [1.82, 2.24) is 10.3 Å². The maximum atomic E-state index is 4.43. The van der Waals surface area contributed by atoms with Crippen molar-refractivity contribution in [1.29, 1.82) is 0 Å². The summed E-state index contributed by atoms with van der Waals surface area (Å²) in [7, 11) is 0. The second-order valence-electron chi connectivity index (χ2n) is 4.00. The van der Waals surface area contributed by atoms with Gasteiger partial charge >= 0.3 is 0 Å². The molecular weight excluding hydrogens is 192 g/mol. The molecule has 1 rings (SSSR count). The van der Waals surface area contributed by atoms with Crippen molar-refractivity contribution in [2.24, 2.45) is 5.92 Å². The zero-order chi connectivity index (χ0) is 10.6. The van der Waals surface area contributed by atoms with Gasteiger partial charge in [0, 0.05) is 18.0 Å². The molecule has 2 nitrogen and oxygen atoms in total. The van der Waals surface area contributed by atoms with Crippen molar-refractivity contribution < 1.29 is 0 Å². The van der Waals surface area contributed by atoms with E-state index in [1.54, 1.807) is 11.3 Å². The highest BCUT2D eigenvalue weighted by molar-refractivity contribution is 7.09. The Morgan fingerprint density at radius 1 is 1.50 bits per heavy atom. The molecule has 3 heteroatoms. The van der Waals surface area contributed by atoms with Gasteiger partial charge in [0.15, 0.2) is 0 Å². The quantitative estimate of drug-likeness (QED) is 0.811. The van der Waals surface area contributed by atoms with Crippen LogP contribution in [-0.2, 0) is 6.54 Å². The van der Waals surface area contributed by atoms with Crippen molar-refractivity contribution in [3.05, 3.63) is 16.1 Å². The number of nitrogens with one attached hydrogen (secondary N) is 1. The Hall–Kier alpha value is -0.410. The predicted octanol–water partition coefficient (Wildman–Crippen LogP) is 2.98. The van der Waals surface area contributed by atoms with Gasteiger partial charge in [-0.3, -0.25) is 0 Å². The zero-order valence-corrected chi connectivity index (χ0v) is 10.3. The van der Waals surface area contributed by atoms with Crippen LogP contribution in [-0.4, -0.2) is 11.0 Å². The minimum atomic E-state index is 0.608. The van der Waals surface area contributed by atoms with E-state index in [9.17, 15) is 0 Å². The molecule has 1 atom stereocenters. The van der Waals surface area contributed by atoms with E-state index < -0.39 is 0 Å². The van der Waals surface area contributed by atoms with Crippen molar-refractivity contribution in [3.63, 3.8) is 0 Å². The normalized spacial score (nSPS) is 13.5. The second kappa shape index (κ2) is 5.47. The highest BCUT2D eigenvalue weighted by atomic mass is 32.1. The monoisotopic (exact) mass is 212 g/mol. The van der Waals surface area contributed by atoms with E-state index in [4.69, 9.17) is 0 Å². The molecule has 0 aliphatic rings. The van der Waals surface area contributed by atoms with Crippen molar-refractivity contribution in [2.45, 2.75) is 46.7 Å². The molecule has 0 spiro atoms. The largest absolute Gasteiger partial charge is 0.308 e. The number of nitrogens with zero attached hydrogens (tertiary/aromatic N) is 1. The van der Waals surface area contributed by atoms with Crippen LogP contribution in [0.2, 0.25) is 0 Å². The van der Waals surface area contributed by atoms with Crippen molar-refractivity contribution >= 4 is 11.3 Å². The SMILES string of the molecule is CCC(NCc1csc(C)n1)C(C)C. The fraction of sp³-hybridized carbons (Fsp3) is 0.727. The Morgan fingerprint density at radius 2 is 2.21 bits per heavy atom. The van der Waals surface area contributed by atoms with Crippen LogP contribution in [0.15, 0.2) is 5.38 Å². The topological polar surface area (TPSA) is 24.9 Å². The summed E-state index contributed by atoms with van der Waals surface area (Å²) in [4.78, 5) is 4.43. The van der Waals surface area contributed by atoms with Crippen LogP contribution in [0.4, 0.5) is 0 Å². The molecule has 1 unspecified atom stereocenters. The highest BCUT2D eigenvalue weighted by Gasteiger charge is 2.10. The number of hydrogen-bond donors (Lipinski definition) is 1. The third kappa shape index (κ3) is 3.39. The van der Waals surface area contributed by atoms with E-state index in [0.29, 0.717) is 12.0 Å². The predicted molar refractivity (Wildman–Crippen MR) is 62.6 cm³/mol. The van der Waals surface area contributed by atoms with Gasteiger partial charge in [-0.05, 0) is 19.3 Å². The van der Waals surface area contributed by atoms with Crippen molar-refractivity contribution in [3.8, 4) is 0 Å². The minimum absolute atomic E-state index is 0.608. The Balaban J connectivity index is 2.39. The van der Waals surface area contributed by atoms with Gasteiger partial charge in [-0.15, -0.1) is 11.3 Å². The molecule has 0 amide bonds. The lowest BCUT2D eigenvalue weighted by Gasteiger charge is -2.19. The molecule has 0 aromatic carbocycles. The van der Waals surface area contributed by atoms with Gasteiger partial charge in [0.2, 0.25) is 0 Å². The lowest BCUT2D eigenvalue weighted by molar-refractivity contribution is 0.386. The van der Waals surface area contributed by atoms with E-state index in [1.165, 1.54) is 12.1 Å². The first-order valence-electron chi connectivity index (χ1n) is 5.27. The molecule has 0 bridgehead atoms. The van der Waals surface area contributed by atoms with Gasteiger partial charge in [-0.1, -0.05) is 20.8 Å². The first-order valence-corrected chi connectivity index (χ1v) is 6.15. The van der Waals surface area contributed by atoms with E-state index in [2.05, 4.69) is 36.5 Å². The molecule has 0 saturated heterocycles. The number of aromatic nitrogens is 1. The van der Waals surface area contributed by atoms with Crippen LogP contribution in [0.25, 0.3) is 0 Å². The standard InChI is InChI=1S/C11H20N2S/c1-5-11(8(2)3)12-6-10-7-14-9(4)13-10/h7-8,11-12H,5-6H2,1-4H3. The van der Waals surface area contributed by atoms with E-state index in [0.717, 1.165) is 11.6 Å². The van der Waals surface area contributed by atoms with Gasteiger partial charge < -0.3 is 5.32 Å². The fourth-order valence-electron chi connectivity index (χ4n) is 1.58. The van der Waals surface area contributed by atoms with E-state index in [-0.39, 0.29) is 0 Å². The molecule has 1 N–H and O–H groups in total. The highest BCUT2D eigenvalue weighted by Crippen LogP contribution is 2.10. The Bertz CT molecular complexity index is 268. The lowest BCUT2D eigenvalue weighted by Crippen LogP contribution is -2.32. The fourth-order valence-corrected chi connectivity index (χ4v) is 2.19. The summed E-state index contributed by atoms with van der Waals surface area (Å²) in [6.45, 7) is 9.69. The molecule has 0 saturated carbocycles. The Morgan fingerprint density at radius 3 is 2.64 bits per heavy atom. The van der Waals surface area contributed by atoms with Crippen LogP contribution in [0, 0.1) is 12.8 Å². The smallest absolute Gasteiger partial charge is 0.0897 e. The van der Waals surface area contributed by atoms with Crippen molar-refractivity contribution in [2.75, 3.05) is 0 Å². The molecule has 0 radical (unpaired) electrons. The summed E-state index contributed by atoms with van der Waals surface area (Å²) >= 11 is 1.72. The average molecular weight is 212 g/mol. The second-order valence-corrected chi connectivity index (χ2v) is 5.06. The van der Waals surface area contributed by atoms with Crippen LogP contribution < -0.4 is 5.32 Å². The minimum Gasteiger partial charge on any atom is -0.308 e. The molecule has 0 aliphatic heterocycles. The van der Waals surface area contributed by atoms with Crippen LogP contribution in [0.3, 0.4) is 0 Å². The first-order chi connectivity index (χ1) is 6.63. The third-order valence-corrected chi connectivity index (χ3v) is 3.28. The summed E-state index contributed by atoms with van der Waals surface area (Å²) in [5.41, 5.74) is 1.17. The summed E-state index contributed by atoms with van der Waals surface area (Å²) in [6, 6.07) is 0.608. The van der Waals surface area contributed by atoms with Gasteiger partial charge in [0.1, 0.15) is 0 Å². The summed E-state index contributed by atoms with van der Waals surface area (Å²) < 4.78 is 0. The van der Waals surface area contributed by atoms with Gasteiger partial charge in [-0.2, -0.15) is 0 Å². The van der Waals surface area contributed by atoms with Gasteiger partial charge in [0.25, 0.3) is 0 Å². The lowest BCUT2D eigenvalue weighted by atomic mass is 10.0. The van der Waals surface area contributed by atoms with Crippen LogP contribution >= 0.6 is 11.3 Å². The number of thiazole rings is 1. The summed E-state index contributed by atoms with van der Waals surface area (Å²) in [5, 5.41) is 6.83. The van der Waals surface area contributed by atoms with Gasteiger partial charge in [-0.25, -0.2) is 4.98 Å². The molecule has 0 fully saturated rings. The Kier molecular flexibility index (Phi) is 4.55. The molecule has 1 aromatic rings. The number of rotatable bonds is 5. The average Bonchev–Trinajstić information content (AvgIpc) is 2.52. The van der Waals surface area contributed by atoms with E-state index >= 15 is 0 Å². The molecular formula is C11H20N2S. The van der Waals surface area contributed by atoms with Crippen LogP contribution in [0.5, 0.6) is 0 Å². The molecule has 80 valence electrons. The summed E-state index contributed by atoms with van der Waals surface area (Å²) in [5.74, 6) is 0.694. The maximum absolute atomic E-state index is 4.43. The maximum Gasteiger partial charge on any atom is 0.0897 e. The molecule has 0 aliphatic carbocycles. The third-order valence-electron chi connectivity index (χ3n) is 2.46. The van der Waals surface area contributed by atoms with Crippen LogP contribution in [0.1, 0.15) is 37.9 Å². The first kappa shape index (κ1) is 11.7. The van der Waals surface area contributed by atoms with Gasteiger partial charge in [0.05, 0.1) is 10.7 Å².